The van der Waals surface area contributed by atoms with Gasteiger partial charge in [-0.25, -0.2) is 0 Å². The molecule has 1 amide bonds. The van der Waals surface area contributed by atoms with Crippen molar-refractivity contribution in [2.75, 3.05) is 19.6 Å². The minimum Gasteiger partial charge on any atom is -0.481 e. The Labute approximate surface area is 120 Å². The fraction of sp³-hybridized carbons (Fsp3) is 0.867. The smallest absolute Gasteiger partial charge is 0.307 e. The van der Waals surface area contributed by atoms with Crippen LogP contribution in [-0.2, 0) is 9.59 Å². The average Bonchev–Trinajstić information content (AvgIpc) is 2.35. The van der Waals surface area contributed by atoms with E-state index in [9.17, 15) is 9.59 Å². The number of carbonyl (C=O) groups excluding carboxylic acids is 1. The normalized spacial score (nSPS) is 27.7. The zero-order valence-corrected chi connectivity index (χ0v) is 12.4. The zero-order chi connectivity index (χ0) is 14.8. The maximum absolute atomic E-state index is 12.1. The van der Waals surface area contributed by atoms with Gasteiger partial charge in [0.2, 0.25) is 5.91 Å². The van der Waals surface area contributed by atoms with E-state index in [-0.39, 0.29) is 17.2 Å². The predicted molar refractivity (Wildman–Crippen MR) is 76.2 cm³/mol. The summed E-state index contributed by atoms with van der Waals surface area (Å²) in [7, 11) is 0. The molecule has 0 radical (unpaired) electrons. The third kappa shape index (κ3) is 3.32. The molecule has 1 aliphatic heterocycles. The molecule has 5 nitrogen and oxygen atoms in total. The van der Waals surface area contributed by atoms with E-state index in [0.29, 0.717) is 25.3 Å². The molecule has 0 aromatic carbocycles. The Morgan fingerprint density at radius 2 is 1.75 bits per heavy atom. The summed E-state index contributed by atoms with van der Waals surface area (Å²) in [5.74, 6) is -1.10. The SMILES string of the molecule is CC(C)(CNC(=O)[C@@H]1CC[C@H]1C(=O)O)C1CCNCC1. The fourth-order valence-electron chi connectivity index (χ4n) is 3.30. The van der Waals surface area contributed by atoms with Crippen molar-refractivity contribution < 1.29 is 14.7 Å². The van der Waals surface area contributed by atoms with E-state index in [0.717, 1.165) is 25.9 Å². The summed E-state index contributed by atoms with van der Waals surface area (Å²) in [6.07, 6.45) is 3.62. The maximum atomic E-state index is 12.1. The standard InChI is InChI=1S/C15H26N2O3/c1-15(2,10-5-7-16-8-6-10)9-17-13(18)11-3-4-12(11)14(19)20/h10-12,16H,3-9H2,1-2H3,(H,17,18)(H,19,20)/t11-,12-/m1/s1. The van der Waals surface area contributed by atoms with E-state index in [4.69, 9.17) is 5.11 Å². The van der Waals surface area contributed by atoms with E-state index in [2.05, 4.69) is 24.5 Å². The first-order chi connectivity index (χ1) is 9.42. The van der Waals surface area contributed by atoms with Crippen molar-refractivity contribution in [1.82, 2.24) is 10.6 Å². The second kappa shape index (κ2) is 6.12. The van der Waals surface area contributed by atoms with Crippen LogP contribution in [0.4, 0.5) is 0 Å². The number of piperidine rings is 1. The summed E-state index contributed by atoms with van der Waals surface area (Å²) in [5, 5.41) is 15.3. The average molecular weight is 282 g/mol. The van der Waals surface area contributed by atoms with E-state index >= 15 is 0 Å². The van der Waals surface area contributed by atoms with Crippen LogP contribution in [0.25, 0.3) is 0 Å². The minimum atomic E-state index is -0.839. The largest absolute Gasteiger partial charge is 0.481 e. The Morgan fingerprint density at radius 3 is 2.25 bits per heavy atom. The van der Waals surface area contributed by atoms with Crippen molar-refractivity contribution in [3.05, 3.63) is 0 Å². The lowest BCUT2D eigenvalue weighted by Gasteiger charge is -2.38. The summed E-state index contributed by atoms with van der Waals surface area (Å²) in [6, 6.07) is 0. The molecule has 2 fully saturated rings. The van der Waals surface area contributed by atoms with Crippen LogP contribution in [0.2, 0.25) is 0 Å². The molecule has 0 unspecified atom stereocenters. The molecule has 1 saturated heterocycles. The fourth-order valence-corrected chi connectivity index (χ4v) is 3.30. The summed E-state index contributed by atoms with van der Waals surface area (Å²) >= 11 is 0. The summed E-state index contributed by atoms with van der Waals surface area (Å²) < 4.78 is 0. The first-order valence-electron chi connectivity index (χ1n) is 7.63. The van der Waals surface area contributed by atoms with Gasteiger partial charge in [-0.3, -0.25) is 9.59 Å². The third-order valence-corrected chi connectivity index (χ3v) is 5.09. The Hall–Kier alpha value is -1.10. The van der Waals surface area contributed by atoms with Crippen LogP contribution in [0, 0.1) is 23.2 Å². The molecular weight excluding hydrogens is 256 g/mol. The van der Waals surface area contributed by atoms with Gasteiger partial charge >= 0.3 is 5.97 Å². The molecule has 2 rings (SSSR count). The number of aliphatic carboxylic acids is 1. The molecule has 114 valence electrons. The molecule has 1 aliphatic carbocycles. The van der Waals surface area contributed by atoms with Gasteiger partial charge in [0, 0.05) is 6.54 Å². The molecule has 5 heteroatoms. The minimum absolute atomic E-state index is 0.0697. The molecule has 0 bridgehead atoms. The quantitative estimate of drug-likeness (QED) is 0.709. The Bertz CT molecular complexity index is 375. The summed E-state index contributed by atoms with van der Waals surface area (Å²) in [5.41, 5.74) is 0.0697. The predicted octanol–water partition coefficient (Wildman–Crippen LogP) is 1.24. The van der Waals surface area contributed by atoms with Crippen molar-refractivity contribution in [3.63, 3.8) is 0 Å². The highest BCUT2D eigenvalue weighted by Crippen LogP contribution is 2.36. The van der Waals surface area contributed by atoms with Crippen molar-refractivity contribution >= 4 is 11.9 Å². The first-order valence-corrected chi connectivity index (χ1v) is 7.63. The van der Waals surface area contributed by atoms with Gasteiger partial charge in [-0.15, -0.1) is 0 Å². The van der Waals surface area contributed by atoms with E-state index in [1.807, 2.05) is 0 Å². The zero-order valence-electron chi connectivity index (χ0n) is 12.4. The molecule has 3 N–H and O–H groups in total. The highest BCUT2D eigenvalue weighted by Gasteiger charge is 2.42. The van der Waals surface area contributed by atoms with Crippen LogP contribution < -0.4 is 10.6 Å². The number of carbonyl (C=O) groups is 2. The highest BCUT2D eigenvalue weighted by molar-refractivity contribution is 5.86. The molecule has 1 saturated carbocycles. The number of amides is 1. The monoisotopic (exact) mass is 282 g/mol. The molecule has 0 spiro atoms. The Balaban J connectivity index is 1.81. The van der Waals surface area contributed by atoms with Gasteiger partial charge < -0.3 is 15.7 Å². The lowest BCUT2D eigenvalue weighted by Crippen LogP contribution is -2.48. The summed E-state index contributed by atoms with van der Waals surface area (Å²) in [4.78, 5) is 23.0. The van der Waals surface area contributed by atoms with Gasteiger partial charge in [0.05, 0.1) is 11.8 Å². The van der Waals surface area contributed by atoms with Crippen LogP contribution in [0.3, 0.4) is 0 Å². The number of hydrogen-bond acceptors (Lipinski definition) is 3. The third-order valence-electron chi connectivity index (χ3n) is 5.09. The van der Waals surface area contributed by atoms with Crippen molar-refractivity contribution in [1.29, 1.82) is 0 Å². The van der Waals surface area contributed by atoms with E-state index in [1.54, 1.807) is 0 Å². The van der Waals surface area contributed by atoms with Crippen LogP contribution in [0.1, 0.15) is 39.5 Å². The van der Waals surface area contributed by atoms with Crippen LogP contribution >= 0.6 is 0 Å². The van der Waals surface area contributed by atoms with E-state index < -0.39 is 11.9 Å². The van der Waals surface area contributed by atoms with Gasteiger partial charge in [-0.1, -0.05) is 13.8 Å². The van der Waals surface area contributed by atoms with Gasteiger partial charge in [0.1, 0.15) is 0 Å². The second-order valence-corrected chi connectivity index (χ2v) is 6.86. The lowest BCUT2D eigenvalue weighted by molar-refractivity contribution is -0.152. The van der Waals surface area contributed by atoms with E-state index in [1.165, 1.54) is 0 Å². The number of carboxylic acids is 1. The molecule has 2 aliphatic rings. The molecule has 0 aromatic heterocycles. The number of hydrogen-bond donors (Lipinski definition) is 3. The van der Waals surface area contributed by atoms with Gasteiger partial charge in [0.25, 0.3) is 0 Å². The highest BCUT2D eigenvalue weighted by atomic mass is 16.4. The Morgan fingerprint density at radius 1 is 1.15 bits per heavy atom. The van der Waals surface area contributed by atoms with Crippen LogP contribution in [0.15, 0.2) is 0 Å². The topological polar surface area (TPSA) is 78.4 Å². The number of carboxylic acid groups (broad SMARTS) is 1. The summed E-state index contributed by atoms with van der Waals surface area (Å²) in [6.45, 7) is 7.12. The van der Waals surface area contributed by atoms with Crippen LogP contribution in [-0.4, -0.2) is 36.6 Å². The van der Waals surface area contributed by atoms with Gasteiger partial charge in [0.15, 0.2) is 0 Å². The first kappa shape index (κ1) is 15.3. The number of nitrogens with one attached hydrogen (secondary N) is 2. The second-order valence-electron chi connectivity index (χ2n) is 6.86. The van der Waals surface area contributed by atoms with Crippen LogP contribution in [0.5, 0.6) is 0 Å². The molecule has 2 atom stereocenters. The molecule has 0 aromatic rings. The van der Waals surface area contributed by atoms with Crippen molar-refractivity contribution in [2.45, 2.75) is 39.5 Å². The van der Waals surface area contributed by atoms with Crippen molar-refractivity contribution in [3.8, 4) is 0 Å². The maximum Gasteiger partial charge on any atom is 0.307 e. The molecular formula is C15H26N2O3. The molecule has 20 heavy (non-hydrogen) atoms. The van der Waals surface area contributed by atoms with Gasteiger partial charge in [-0.05, 0) is 50.1 Å². The molecule has 1 heterocycles. The lowest BCUT2D eigenvalue weighted by atomic mass is 9.72. The van der Waals surface area contributed by atoms with Crippen molar-refractivity contribution in [2.24, 2.45) is 23.2 Å². The number of rotatable bonds is 5. The Kier molecular flexibility index (Phi) is 4.68. The van der Waals surface area contributed by atoms with Gasteiger partial charge in [-0.2, -0.15) is 0 Å².